The van der Waals surface area contributed by atoms with Gasteiger partial charge >= 0.3 is 0 Å². The van der Waals surface area contributed by atoms with E-state index in [0.717, 1.165) is 10.7 Å². The summed E-state index contributed by atoms with van der Waals surface area (Å²) in [6.45, 7) is 2.08. The maximum absolute atomic E-state index is 6.05. The van der Waals surface area contributed by atoms with E-state index in [9.17, 15) is 0 Å². The van der Waals surface area contributed by atoms with Crippen LogP contribution in [0.4, 0.5) is 5.69 Å². The number of halogens is 1. The molecule has 0 atom stereocenters. The Morgan fingerprint density at radius 1 is 1.46 bits per heavy atom. The summed E-state index contributed by atoms with van der Waals surface area (Å²) >= 11 is 8.02. The third-order valence-corrected chi connectivity index (χ3v) is 3.73. The van der Waals surface area contributed by atoms with Crippen LogP contribution in [-0.4, -0.2) is 17.5 Å². The van der Waals surface area contributed by atoms with Crippen LogP contribution in [0.15, 0.2) is 18.2 Å². The summed E-state index contributed by atoms with van der Waals surface area (Å²) < 4.78 is 0. The predicted molar refractivity (Wildman–Crippen MR) is 60.9 cm³/mol. The minimum atomic E-state index is 0.615. The summed E-state index contributed by atoms with van der Waals surface area (Å²) in [5, 5.41) is 4.26. The van der Waals surface area contributed by atoms with Crippen molar-refractivity contribution >= 4 is 29.1 Å². The Balaban J connectivity index is 2.13. The normalized spacial score (nSPS) is 16.8. The monoisotopic (exact) mass is 213 g/mol. The first-order valence-electron chi connectivity index (χ1n) is 4.36. The van der Waals surface area contributed by atoms with Crippen molar-refractivity contribution in [2.45, 2.75) is 13.0 Å². The van der Waals surface area contributed by atoms with Crippen LogP contribution in [0.25, 0.3) is 0 Å². The molecule has 1 aliphatic rings. The topological polar surface area (TPSA) is 12.0 Å². The lowest BCUT2D eigenvalue weighted by atomic mass is 10.2. The zero-order valence-corrected chi connectivity index (χ0v) is 9.08. The number of hydrogen-bond acceptors (Lipinski definition) is 2. The predicted octanol–water partition coefficient (Wildman–Crippen LogP) is 3.18. The molecule has 1 fully saturated rings. The maximum Gasteiger partial charge on any atom is 0.0637 e. The molecule has 0 aliphatic carbocycles. The molecule has 1 N–H and O–H groups in total. The van der Waals surface area contributed by atoms with Gasteiger partial charge in [-0.2, -0.15) is 11.8 Å². The van der Waals surface area contributed by atoms with Crippen LogP contribution < -0.4 is 5.32 Å². The minimum absolute atomic E-state index is 0.615. The Bertz CT molecular complexity index is 310. The third-order valence-electron chi connectivity index (χ3n) is 2.12. The Kier molecular flexibility index (Phi) is 2.70. The van der Waals surface area contributed by atoms with Crippen molar-refractivity contribution in [3.63, 3.8) is 0 Å². The smallest absolute Gasteiger partial charge is 0.0637 e. The van der Waals surface area contributed by atoms with Crippen molar-refractivity contribution in [3.05, 3.63) is 28.8 Å². The second-order valence-corrected chi connectivity index (χ2v) is 4.84. The van der Waals surface area contributed by atoms with Crippen molar-refractivity contribution in [1.29, 1.82) is 0 Å². The highest BCUT2D eigenvalue weighted by atomic mass is 35.5. The standard InChI is InChI=1S/C10H12ClNS/c1-7-2-3-9(11)10(4-7)12-8-5-13-6-8/h2-4,8,12H,5-6H2,1H3. The molecule has 0 spiro atoms. The first-order chi connectivity index (χ1) is 6.25. The second kappa shape index (κ2) is 3.81. The molecule has 70 valence electrons. The molecule has 3 heteroatoms. The number of aryl methyl sites for hydroxylation is 1. The molecule has 0 unspecified atom stereocenters. The van der Waals surface area contributed by atoms with Gasteiger partial charge in [0.2, 0.25) is 0 Å². The first-order valence-corrected chi connectivity index (χ1v) is 5.89. The van der Waals surface area contributed by atoms with E-state index in [0.29, 0.717) is 6.04 Å². The lowest BCUT2D eigenvalue weighted by Gasteiger charge is -2.27. The van der Waals surface area contributed by atoms with Gasteiger partial charge < -0.3 is 5.32 Å². The van der Waals surface area contributed by atoms with E-state index in [1.54, 1.807) is 0 Å². The van der Waals surface area contributed by atoms with Gasteiger partial charge in [0, 0.05) is 17.5 Å². The summed E-state index contributed by atoms with van der Waals surface area (Å²) in [6, 6.07) is 6.70. The Hall–Kier alpha value is -0.340. The van der Waals surface area contributed by atoms with Crippen LogP contribution in [0, 0.1) is 6.92 Å². The SMILES string of the molecule is Cc1ccc(Cl)c(NC2CSC2)c1. The van der Waals surface area contributed by atoms with Gasteiger partial charge in [0.15, 0.2) is 0 Å². The van der Waals surface area contributed by atoms with Crippen molar-refractivity contribution < 1.29 is 0 Å². The largest absolute Gasteiger partial charge is 0.379 e. The highest BCUT2D eigenvalue weighted by molar-refractivity contribution is 8.00. The van der Waals surface area contributed by atoms with E-state index in [1.165, 1.54) is 17.1 Å². The highest BCUT2D eigenvalue weighted by Gasteiger charge is 2.18. The summed E-state index contributed by atoms with van der Waals surface area (Å²) in [6.07, 6.45) is 0. The maximum atomic E-state index is 6.05. The summed E-state index contributed by atoms with van der Waals surface area (Å²) in [7, 11) is 0. The first kappa shape index (κ1) is 9.22. The number of rotatable bonds is 2. The van der Waals surface area contributed by atoms with E-state index < -0.39 is 0 Å². The van der Waals surface area contributed by atoms with Crippen molar-refractivity contribution in [3.8, 4) is 0 Å². The molecular formula is C10H12ClNS. The average Bonchev–Trinajstić information content (AvgIpc) is 2.03. The van der Waals surface area contributed by atoms with Gasteiger partial charge in [-0.05, 0) is 24.6 Å². The van der Waals surface area contributed by atoms with Crippen molar-refractivity contribution in [2.75, 3.05) is 16.8 Å². The Labute approximate surface area is 87.9 Å². The third kappa shape index (κ3) is 2.12. The molecule has 0 bridgehead atoms. The molecule has 1 nitrogen and oxygen atoms in total. The molecule has 0 saturated carbocycles. The highest BCUT2D eigenvalue weighted by Crippen LogP contribution is 2.27. The molecule has 13 heavy (non-hydrogen) atoms. The van der Waals surface area contributed by atoms with Crippen molar-refractivity contribution in [1.82, 2.24) is 0 Å². The van der Waals surface area contributed by atoms with Gasteiger partial charge in [-0.1, -0.05) is 17.7 Å². The van der Waals surface area contributed by atoms with E-state index in [2.05, 4.69) is 18.3 Å². The van der Waals surface area contributed by atoms with Crippen LogP contribution in [-0.2, 0) is 0 Å². The number of hydrogen-bond donors (Lipinski definition) is 1. The van der Waals surface area contributed by atoms with E-state index in [4.69, 9.17) is 11.6 Å². The molecule has 1 aliphatic heterocycles. The lowest BCUT2D eigenvalue weighted by Crippen LogP contribution is -2.33. The molecule has 0 radical (unpaired) electrons. The Morgan fingerprint density at radius 3 is 2.85 bits per heavy atom. The number of benzene rings is 1. The molecular weight excluding hydrogens is 202 g/mol. The minimum Gasteiger partial charge on any atom is -0.379 e. The zero-order chi connectivity index (χ0) is 9.26. The van der Waals surface area contributed by atoms with E-state index >= 15 is 0 Å². The fourth-order valence-corrected chi connectivity index (χ4v) is 2.10. The summed E-state index contributed by atoms with van der Waals surface area (Å²) in [4.78, 5) is 0. The van der Waals surface area contributed by atoms with Crippen LogP contribution >= 0.6 is 23.4 Å². The van der Waals surface area contributed by atoms with Crippen LogP contribution in [0.2, 0.25) is 5.02 Å². The van der Waals surface area contributed by atoms with Gasteiger partial charge in [0.1, 0.15) is 0 Å². The second-order valence-electron chi connectivity index (χ2n) is 3.36. The van der Waals surface area contributed by atoms with Gasteiger partial charge in [0.25, 0.3) is 0 Å². The summed E-state index contributed by atoms with van der Waals surface area (Å²) in [5.41, 5.74) is 2.32. The molecule has 1 saturated heterocycles. The molecule has 0 aromatic heterocycles. The Morgan fingerprint density at radius 2 is 2.23 bits per heavy atom. The lowest BCUT2D eigenvalue weighted by molar-refractivity contribution is 0.882. The quantitative estimate of drug-likeness (QED) is 0.810. The van der Waals surface area contributed by atoms with Gasteiger partial charge in [-0.3, -0.25) is 0 Å². The fraction of sp³-hybridized carbons (Fsp3) is 0.400. The van der Waals surface area contributed by atoms with Crippen LogP contribution in [0.5, 0.6) is 0 Å². The average molecular weight is 214 g/mol. The van der Waals surface area contributed by atoms with Gasteiger partial charge in [-0.15, -0.1) is 0 Å². The van der Waals surface area contributed by atoms with E-state index in [1.807, 2.05) is 23.9 Å². The number of nitrogens with one attached hydrogen (secondary N) is 1. The molecule has 1 heterocycles. The van der Waals surface area contributed by atoms with E-state index in [-0.39, 0.29) is 0 Å². The van der Waals surface area contributed by atoms with Crippen LogP contribution in [0.1, 0.15) is 5.56 Å². The van der Waals surface area contributed by atoms with Crippen LogP contribution in [0.3, 0.4) is 0 Å². The summed E-state index contributed by atoms with van der Waals surface area (Å²) in [5.74, 6) is 2.40. The number of anilines is 1. The molecule has 2 rings (SSSR count). The molecule has 1 aromatic carbocycles. The number of thioether (sulfide) groups is 1. The van der Waals surface area contributed by atoms with Crippen molar-refractivity contribution in [2.24, 2.45) is 0 Å². The van der Waals surface area contributed by atoms with Gasteiger partial charge in [-0.25, -0.2) is 0 Å². The molecule has 0 amide bonds. The molecule has 1 aromatic rings. The zero-order valence-electron chi connectivity index (χ0n) is 7.51. The fourth-order valence-electron chi connectivity index (χ4n) is 1.29. The van der Waals surface area contributed by atoms with Gasteiger partial charge in [0.05, 0.1) is 10.7 Å².